The molecule has 1 aromatic rings. The van der Waals surface area contributed by atoms with Crippen molar-refractivity contribution in [3.63, 3.8) is 0 Å². The van der Waals surface area contributed by atoms with E-state index in [9.17, 15) is 17.6 Å². The van der Waals surface area contributed by atoms with Gasteiger partial charge in [0, 0.05) is 32.2 Å². The van der Waals surface area contributed by atoms with E-state index in [1.165, 1.54) is 6.07 Å². The van der Waals surface area contributed by atoms with Gasteiger partial charge in [-0.3, -0.25) is 4.90 Å². The molecule has 24 heavy (non-hydrogen) atoms. The van der Waals surface area contributed by atoms with Gasteiger partial charge in [0.15, 0.2) is 0 Å². The van der Waals surface area contributed by atoms with E-state index in [0.29, 0.717) is 5.56 Å². The van der Waals surface area contributed by atoms with Crippen LogP contribution in [0, 0.1) is 11.7 Å². The van der Waals surface area contributed by atoms with Crippen LogP contribution in [0.25, 0.3) is 0 Å². The highest BCUT2D eigenvalue weighted by molar-refractivity contribution is 5.85. The van der Waals surface area contributed by atoms with E-state index in [1.807, 2.05) is 0 Å². The molecule has 7 heteroatoms. The van der Waals surface area contributed by atoms with Crippen LogP contribution in [-0.2, 0) is 6.18 Å². The Morgan fingerprint density at radius 1 is 1.21 bits per heavy atom. The fourth-order valence-electron chi connectivity index (χ4n) is 3.42. The summed E-state index contributed by atoms with van der Waals surface area (Å²) >= 11 is 0. The van der Waals surface area contributed by atoms with Crippen LogP contribution in [-0.4, -0.2) is 31.1 Å². The highest BCUT2D eigenvalue weighted by Crippen LogP contribution is 2.37. The molecule has 0 aromatic heterocycles. The minimum atomic E-state index is -4.66. The van der Waals surface area contributed by atoms with Crippen molar-refractivity contribution in [1.82, 2.24) is 10.2 Å². The zero-order valence-corrected chi connectivity index (χ0v) is 14.8. The molecule has 0 amide bonds. The van der Waals surface area contributed by atoms with Crippen LogP contribution in [0.3, 0.4) is 0 Å². The van der Waals surface area contributed by atoms with Crippen molar-refractivity contribution in [2.24, 2.45) is 5.92 Å². The van der Waals surface area contributed by atoms with E-state index in [1.54, 1.807) is 0 Å². The predicted molar refractivity (Wildman–Crippen MR) is 89.9 cm³/mol. The first-order valence-corrected chi connectivity index (χ1v) is 8.16. The maximum Gasteiger partial charge on any atom is 0.419 e. The average molecular weight is 369 g/mol. The van der Waals surface area contributed by atoms with E-state index in [4.69, 9.17) is 0 Å². The van der Waals surface area contributed by atoms with E-state index >= 15 is 0 Å². The van der Waals surface area contributed by atoms with Crippen molar-refractivity contribution >= 4 is 12.4 Å². The third-order valence-corrected chi connectivity index (χ3v) is 4.47. The Labute approximate surface area is 147 Å². The average Bonchev–Trinajstić information content (AvgIpc) is 2.49. The number of piperazine rings is 1. The fraction of sp³-hybridized carbons (Fsp3) is 0.647. The molecule has 2 atom stereocenters. The van der Waals surface area contributed by atoms with Crippen LogP contribution in [0.2, 0.25) is 0 Å². The SMILES string of the molecule is CCCC(C)[C@@H](c1ccc(F)c(C(F)(F)F)c1)N1CCNCC1.Cl. The van der Waals surface area contributed by atoms with Crippen molar-refractivity contribution in [3.05, 3.63) is 35.1 Å². The van der Waals surface area contributed by atoms with Crippen molar-refractivity contribution in [1.29, 1.82) is 0 Å². The summed E-state index contributed by atoms with van der Waals surface area (Å²) in [4.78, 5) is 2.21. The first-order chi connectivity index (χ1) is 10.8. The van der Waals surface area contributed by atoms with Gasteiger partial charge in [0.2, 0.25) is 0 Å². The summed E-state index contributed by atoms with van der Waals surface area (Å²) in [6.45, 7) is 7.35. The molecule has 0 spiro atoms. The Morgan fingerprint density at radius 2 is 1.83 bits per heavy atom. The summed E-state index contributed by atoms with van der Waals surface area (Å²) in [5, 5.41) is 3.26. The van der Waals surface area contributed by atoms with Gasteiger partial charge in [-0.1, -0.05) is 26.3 Å². The second-order valence-electron chi connectivity index (χ2n) is 6.23. The number of nitrogens with one attached hydrogen (secondary N) is 1. The molecule has 2 nitrogen and oxygen atoms in total. The number of nitrogens with zero attached hydrogens (tertiary/aromatic N) is 1. The summed E-state index contributed by atoms with van der Waals surface area (Å²) in [5.41, 5.74) is -0.611. The highest BCUT2D eigenvalue weighted by atomic mass is 35.5. The minimum absolute atomic E-state index is 0. The minimum Gasteiger partial charge on any atom is -0.314 e. The maximum absolute atomic E-state index is 13.6. The van der Waals surface area contributed by atoms with E-state index in [2.05, 4.69) is 24.1 Å². The molecule has 2 rings (SSSR count). The molecule has 1 heterocycles. The number of hydrogen-bond acceptors (Lipinski definition) is 2. The van der Waals surface area contributed by atoms with Gasteiger partial charge in [0.05, 0.1) is 5.56 Å². The lowest BCUT2D eigenvalue weighted by molar-refractivity contribution is -0.140. The molecular formula is C17H25ClF4N2. The Balaban J connectivity index is 0.00000288. The summed E-state index contributed by atoms with van der Waals surface area (Å²) in [6, 6.07) is 3.34. The van der Waals surface area contributed by atoms with E-state index in [-0.39, 0.29) is 24.4 Å². The monoisotopic (exact) mass is 368 g/mol. The molecule has 0 radical (unpaired) electrons. The maximum atomic E-state index is 13.6. The molecule has 0 aliphatic carbocycles. The number of benzene rings is 1. The first kappa shape index (κ1) is 21.2. The number of rotatable bonds is 5. The van der Waals surface area contributed by atoms with Crippen molar-refractivity contribution in [2.75, 3.05) is 26.2 Å². The van der Waals surface area contributed by atoms with Crippen molar-refractivity contribution < 1.29 is 17.6 Å². The Kier molecular flexibility index (Phi) is 7.96. The largest absolute Gasteiger partial charge is 0.419 e. The molecule has 1 aliphatic rings. The third kappa shape index (κ3) is 5.07. The lowest BCUT2D eigenvalue weighted by Gasteiger charge is -2.39. The highest BCUT2D eigenvalue weighted by Gasteiger charge is 2.36. The third-order valence-electron chi connectivity index (χ3n) is 4.47. The van der Waals surface area contributed by atoms with Crippen molar-refractivity contribution in [2.45, 2.75) is 38.9 Å². The molecule has 1 N–H and O–H groups in total. The van der Waals surface area contributed by atoms with Gasteiger partial charge < -0.3 is 5.32 Å². The molecule has 1 unspecified atom stereocenters. The Hall–Kier alpha value is -0.850. The molecule has 1 aromatic carbocycles. The zero-order valence-electron chi connectivity index (χ0n) is 14.0. The summed E-state index contributed by atoms with van der Waals surface area (Å²) in [6.07, 6.45) is -2.77. The van der Waals surface area contributed by atoms with Crippen LogP contribution in [0.15, 0.2) is 18.2 Å². The van der Waals surface area contributed by atoms with E-state index < -0.39 is 17.6 Å². The van der Waals surface area contributed by atoms with Gasteiger partial charge in [-0.25, -0.2) is 4.39 Å². The van der Waals surface area contributed by atoms with Gasteiger partial charge in [0.25, 0.3) is 0 Å². The summed E-state index contributed by atoms with van der Waals surface area (Å²) < 4.78 is 52.6. The Morgan fingerprint density at radius 3 is 2.38 bits per heavy atom. The molecule has 1 aliphatic heterocycles. The van der Waals surface area contributed by atoms with Gasteiger partial charge in [0.1, 0.15) is 5.82 Å². The van der Waals surface area contributed by atoms with E-state index in [0.717, 1.165) is 51.2 Å². The van der Waals surface area contributed by atoms with Gasteiger partial charge in [-0.05, 0) is 30.0 Å². The molecule has 138 valence electrons. The van der Waals surface area contributed by atoms with Crippen LogP contribution < -0.4 is 5.32 Å². The second kappa shape index (κ2) is 9.02. The lowest BCUT2D eigenvalue weighted by atomic mass is 9.88. The predicted octanol–water partition coefficient (Wildman–Crippen LogP) is 4.65. The standard InChI is InChI=1S/C17H24F4N2.ClH/c1-3-4-12(2)16(23-9-7-22-8-10-23)13-5-6-15(18)14(11-13)17(19,20)21;/h5-6,11-12,16,22H,3-4,7-10H2,1-2H3;1H/t12?,16-;/m0./s1. The topological polar surface area (TPSA) is 15.3 Å². The van der Waals surface area contributed by atoms with Crippen LogP contribution in [0.1, 0.15) is 43.9 Å². The first-order valence-electron chi connectivity index (χ1n) is 8.16. The molecule has 0 bridgehead atoms. The lowest BCUT2D eigenvalue weighted by Crippen LogP contribution is -2.46. The number of alkyl halides is 3. The molecular weight excluding hydrogens is 344 g/mol. The molecule has 1 saturated heterocycles. The van der Waals surface area contributed by atoms with Crippen LogP contribution >= 0.6 is 12.4 Å². The van der Waals surface area contributed by atoms with Gasteiger partial charge >= 0.3 is 6.18 Å². The molecule has 1 fully saturated rings. The number of hydrogen-bond donors (Lipinski definition) is 1. The normalized spacial score (nSPS) is 18.8. The zero-order chi connectivity index (χ0) is 17.0. The van der Waals surface area contributed by atoms with Gasteiger partial charge in [-0.2, -0.15) is 13.2 Å². The number of halogens is 5. The smallest absolute Gasteiger partial charge is 0.314 e. The van der Waals surface area contributed by atoms with Crippen LogP contribution in [0.4, 0.5) is 17.6 Å². The van der Waals surface area contributed by atoms with Crippen molar-refractivity contribution in [3.8, 4) is 0 Å². The van der Waals surface area contributed by atoms with Gasteiger partial charge in [-0.15, -0.1) is 12.4 Å². The molecule has 0 saturated carbocycles. The quantitative estimate of drug-likeness (QED) is 0.761. The van der Waals surface area contributed by atoms with Crippen LogP contribution in [0.5, 0.6) is 0 Å². The summed E-state index contributed by atoms with van der Waals surface area (Å²) in [5.74, 6) is -0.992. The Bertz CT molecular complexity index is 516. The second-order valence-corrected chi connectivity index (χ2v) is 6.23. The summed E-state index contributed by atoms with van der Waals surface area (Å²) in [7, 11) is 0. The fourth-order valence-corrected chi connectivity index (χ4v) is 3.42.